The van der Waals surface area contributed by atoms with E-state index in [-0.39, 0.29) is 12.5 Å². The Hall–Kier alpha value is -3.04. The van der Waals surface area contributed by atoms with Gasteiger partial charge in [-0.05, 0) is 40.2 Å². The number of nitrogens with one attached hydrogen (secondary N) is 2. The van der Waals surface area contributed by atoms with Crippen molar-refractivity contribution in [3.8, 4) is 11.5 Å². The largest absolute Gasteiger partial charge is 0.313 e. The molecule has 0 aliphatic rings. The van der Waals surface area contributed by atoms with Gasteiger partial charge in [-0.2, -0.15) is 0 Å². The number of hydrazine groups is 1. The van der Waals surface area contributed by atoms with E-state index in [1.807, 2.05) is 35.7 Å². The first-order valence-electron chi connectivity index (χ1n) is 8.31. The Morgan fingerprint density at radius 1 is 1.07 bits per heavy atom. The van der Waals surface area contributed by atoms with Crippen LogP contribution in [-0.2, 0) is 11.3 Å². The van der Waals surface area contributed by atoms with Crippen molar-refractivity contribution in [1.29, 1.82) is 0 Å². The Labute approximate surface area is 172 Å². The summed E-state index contributed by atoms with van der Waals surface area (Å²) in [5.41, 5.74) is 9.34. The van der Waals surface area contributed by atoms with E-state index in [4.69, 9.17) is 0 Å². The number of carbonyl (C=O) groups is 2. The van der Waals surface area contributed by atoms with Crippen LogP contribution in [0.1, 0.15) is 10.4 Å². The van der Waals surface area contributed by atoms with Crippen LogP contribution in [0.2, 0.25) is 0 Å². The molecule has 2 aromatic carbocycles. The smallest absolute Gasteiger partial charge is 0.270 e. The minimum absolute atomic E-state index is 0.0103. The van der Waals surface area contributed by atoms with E-state index in [9.17, 15) is 9.59 Å². The maximum absolute atomic E-state index is 12.5. The van der Waals surface area contributed by atoms with Gasteiger partial charge in [0, 0.05) is 9.85 Å². The van der Waals surface area contributed by atoms with Gasteiger partial charge in [0.1, 0.15) is 12.2 Å². The zero-order valence-corrected chi connectivity index (χ0v) is 16.8. The lowest BCUT2D eigenvalue weighted by atomic mass is 10.2. The molecular weight excluding hydrogens is 442 g/mol. The van der Waals surface area contributed by atoms with E-state index in [0.29, 0.717) is 21.6 Å². The number of nitrogens with zero attached hydrogens (tertiary/aromatic N) is 3. The van der Waals surface area contributed by atoms with Crippen molar-refractivity contribution >= 4 is 50.1 Å². The van der Waals surface area contributed by atoms with Crippen molar-refractivity contribution in [2.45, 2.75) is 6.54 Å². The topological polar surface area (TPSA) is 88.9 Å². The highest BCUT2D eigenvalue weighted by Crippen LogP contribution is 2.24. The predicted octanol–water partition coefficient (Wildman–Crippen LogP) is 3.38. The Balaban J connectivity index is 1.53. The first-order chi connectivity index (χ1) is 13.6. The van der Waals surface area contributed by atoms with Crippen LogP contribution in [0.15, 0.2) is 63.9 Å². The van der Waals surface area contributed by atoms with Gasteiger partial charge in [0.2, 0.25) is 0 Å². The maximum Gasteiger partial charge on any atom is 0.270 e. The van der Waals surface area contributed by atoms with Crippen LogP contribution >= 0.6 is 27.3 Å². The molecule has 7 nitrogen and oxygen atoms in total. The molecule has 0 spiro atoms. The summed E-state index contributed by atoms with van der Waals surface area (Å²) in [7, 11) is 0. The number of amides is 2. The van der Waals surface area contributed by atoms with Crippen LogP contribution < -0.4 is 10.9 Å². The lowest BCUT2D eigenvalue weighted by Crippen LogP contribution is -2.43. The van der Waals surface area contributed by atoms with Gasteiger partial charge in [0.05, 0.1) is 22.1 Å². The number of hydrogen-bond acceptors (Lipinski definition) is 5. The number of benzene rings is 2. The molecule has 0 unspecified atom stereocenters. The fraction of sp³-hybridized carbons (Fsp3) is 0.0526. The Bertz CT molecular complexity index is 1160. The molecule has 0 saturated carbocycles. The van der Waals surface area contributed by atoms with Gasteiger partial charge >= 0.3 is 0 Å². The molecule has 4 rings (SSSR count). The molecule has 2 heterocycles. The highest BCUT2D eigenvalue weighted by molar-refractivity contribution is 9.10. The summed E-state index contributed by atoms with van der Waals surface area (Å²) in [6.45, 7) is -0.0103. The number of carbonyl (C=O) groups excluding carboxylic acids is 2. The highest BCUT2D eigenvalue weighted by atomic mass is 79.9. The third kappa shape index (κ3) is 3.67. The Morgan fingerprint density at radius 3 is 2.64 bits per heavy atom. The Morgan fingerprint density at radius 2 is 1.86 bits per heavy atom. The summed E-state index contributed by atoms with van der Waals surface area (Å²) in [6, 6.07) is 14.5. The fourth-order valence-corrected chi connectivity index (χ4v) is 3.77. The molecule has 0 radical (unpaired) electrons. The lowest BCUT2D eigenvalue weighted by Gasteiger charge is -2.11. The van der Waals surface area contributed by atoms with Gasteiger partial charge in [-0.25, -0.2) is 9.97 Å². The van der Waals surface area contributed by atoms with Crippen molar-refractivity contribution < 1.29 is 9.59 Å². The van der Waals surface area contributed by atoms with E-state index < -0.39 is 5.91 Å². The maximum atomic E-state index is 12.5. The minimum atomic E-state index is -0.406. The zero-order valence-electron chi connectivity index (χ0n) is 14.4. The molecule has 0 bridgehead atoms. The molecule has 2 N–H and O–H groups in total. The van der Waals surface area contributed by atoms with Gasteiger partial charge in [-0.3, -0.25) is 20.4 Å². The average molecular weight is 456 g/mol. The summed E-state index contributed by atoms with van der Waals surface area (Å²) in [4.78, 5) is 33.6. The standard InChI is InChI=1S/C19H14BrN5O2S/c20-13-6-2-1-5-12(13)19(27)24-23-17(26)9-25-16-8-4-3-7-14(16)22-18(25)15-10-28-11-21-15/h1-8,10-11H,9H2,(H,23,26)(H,24,27). The molecular formula is C19H14BrN5O2S. The van der Waals surface area contributed by atoms with Crippen molar-refractivity contribution in [2.24, 2.45) is 0 Å². The quantitative estimate of drug-likeness (QED) is 0.461. The van der Waals surface area contributed by atoms with Crippen LogP contribution in [0.3, 0.4) is 0 Å². The van der Waals surface area contributed by atoms with Gasteiger partial charge in [0.15, 0.2) is 5.82 Å². The number of thiazole rings is 1. The first-order valence-corrected chi connectivity index (χ1v) is 10.0. The zero-order chi connectivity index (χ0) is 19.5. The second-order valence-corrected chi connectivity index (χ2v) is 7.44. The van der Waals surface area contributed by atoms with E-state index in [0.717, 1.165) is 11.0 Å². The first kappa shape index (κ1) is 18.3. The van der Waals surface area contributed by atoms with Crippen LogP contribution in [0, 0.1) is 0 Å². The van der Waals surface area contributed by atoms with E-state index in [2.05, 4.69) is 36.7 Å². The number of rotatable bonds is 4. The van der Waals surface area contributed by atoms with Crippen LogP contribution in [0.5, 0.6) is 0 Å². The molecule has 0 aliphatic heterocycles. The molecule has 28 heavy (non-hydrogen) atoms. The molecule has 2 aromatic heterocycles. The molecule has 140 valence electrons. The normalized spacial score (nSPS) is 10.8. The predicted molar refractivity (Wildman–Crippen MR) is 111 cm³/mol. The summed E-state index contributed by atoms with van der Waals surface area (Å²) in [6.07, 6.45) is 0. The summed E-state index contributed by atoms with van der Waals surface area (Å²) < 4.78 is 2.43. The van der Waals surface area contributed by atoms with E-state index >= 15 is 0 Å². The molecule has 4 aromatic rings. The number of aromatic nitrogens is 3. The lowest BCUT2D eigenvalue weighted by molar-refractivity contribution is -0.122. The second kappa shape index (κ2) is 7.91. The van der Waals surface area contributed by atoms with Gasteiger partial charge < -0.3 is 4.57 Å². The highest BCUT2D eigenvalue weighted by Gasteiger charge is 2.17. The molecule has 2 amide bonds. The minimum Gasteiger partial charge on any atom is -0.313 e. The second-order valence-electron chi connectivity index (χ2n) is 5.87. The van der Waals surface area contributed by atoms with Gasteiger partial charge in [-0.15, -0.1) is 11.3 Å². The molecule has 0 fully saturated rings. The number of halogens is 1. The molecule has 0 atom stereocenters. The SMILES string of the molecule is O=C(Cn1c(-c2cscn2)nc2ccccc21)NNC(=O)c1ccccc1Br. The van der Waals surface area contributed by atoms with Crippen molar-refractivity contribution in [1.82, 2.24) is 25.4 Å². The third-order valence-corrected chi connectivity index (χ3v) is 5.33. The van der Waals surface area contributed by atoms with E-state index in [1.54, 1.807) is 28.3 Å². The van der Waals surface area contributed by atoms with Crippen LogP contribution in [0.4, 0.5) is 0 Å². The van der Waals surface area contributed by atoms with Crippen LogP contribution in [0.25, 0.3) is 22.6 Å². The number of fused-ring (bicyclic) bond motifs is 1. The molecule has 9 heteroatoms. The molecule has 0 aliphatic carbocycles. The summed E-state index contributed by atoms with van der Waals surface area (Å²) >= 11 is 4.78. The fourth-order valence-electron chi connectivity index (χ4n) is 2.78. The average Bonchev–Trinajstić information content (AvgIpc) is 3.35. The number of para-hydroxylation sites is 2. The molecule has 0 saturated heterocycles. The van der Waals surface area contributed by atoms with Crippen LogP contribution in [-0.4, -0.2) is 26.3 Å². The van der Waals surface area contributed by atoms with E-state index in [1.165, 1.54) is 11.3 Å². The summed E-state index contributed by atoms with van der Waals surface area (Å²) in [5.74, 6) is -0.175. The third-order valence-electron chi connectivity index (χ3n) is 4.05. The monoisotopic (exact) mass is 455 g/mol. The van der Waals surface area contributed by atoms with Crippen molar-refractivity contribution in [3.05, 3.63) is 69.5 Å². The summed E-state index contributed by atoms with van der Waals surface area (Å²) in [5, 5.41) is 1.88. The van der Waals surface area contributed by atoms with Crippen molar-refractivity contribution in [3.63, 3.8) is 0 Å². The number of imidazole rings is 1. The Kier molecular flexibility index (Phi) is 5.18. The van der Waals surface area contributed by atoms with Gasteiger partial charge in [0.25, 0.3) is 11.8 Å². The van der Waals surface area contributed by atoms with Gasteiger partial charge in [-0.1, -0.05) is 24.3 Å². The number of hydrogen-bond donors (Lipinski definition) is 2. The van der Waals surface area contributed by atoms with Crippen molar-refractivity contribution in [2.75, 3.05) is 0 Å².